The molecule has 0 bridgehead atoms. The second-order valence-corrected chi connectivity index (χ2v) is 6.49. The summed E-state index contributed by atoms with van der Waals surface area (Å²) in [5.41, 5.74) is 0. The average molecular weight is 322 g/mol. The number of benzene rings is 1. The van der Waals surface area contributed by atoms with Crippen molar-refractivity contribution in [1.82, 2.24) is 4.90 Å². The van der Waals surface area contributed by atoms with Crippen LogP contribution < -0.4 is 0 Å². The van der Waals surface area contributed by atoms with Crippen LogP contribution in [0.5, 0.6) is 0 Å². The number of likely N-dealkylation sites (tertiary alicyclic amines) is 1. The van der Waals surface area contributed by atoms with E-state index in [1.54, 1.807) is 17.8 Å². The molecule has 1 aromatic carbocycles. The number of carbonyl (C=O) groups is 1. The van der Waals surface area contributed by atoms with Crippen molar-refractivity contribution in [3.8, 4) is 0 Å². The average Bonchev–Trinajstić information content (AvgIpc) is 3.18. The van der Waals surface area contributed by atoms with Crippen molar-refractivity contribution in [3.05, 3.63) is 52.9 Å². The largest absolute Gasteiger partial charge is 0.455 e. The standard InChI is InChI=1S/C16H16ClNO2S/c17-12-3-6-14(7-4-12)21-11-13-5-8-15(20-13)16(19)18-9-1-2-10-18/h3-8H,1-2,9-11H2. The summed E-state index contributed by atoms with van der Waals surface area (Å²) in [5, 5.41) is 0.732. The molecule has 3 nitrogen and oxygen atoms in total. The van der Waals surface area contributed by atoms with Crippen LogP contribution in [0.15, 0.2) is 45.7 Å². The summed E-state index contributed by atoms with van der Waals surface area (Å²) in [4.78, 5) is 15.2. The fraction of sp³-hybridized carbons (Fsp3) is 0.312. The lowest BCUT2D eigenvalue weighted by atomic mass is 10.4. The molecule has 0 spiro atoms. The summed E-state index contributed by atoms with van der Waals surface area (Å²) >= 11 is 7.52. The Morgan fingerprint density at radius 2 is 1.86 bits per heavy atom. The summed E-state index contributed by atoms with van der Waals surface area (Å²) in [6, 6.07) is 11.4. The van der Waals surface area contributed by atoms with Gasteiger partial charge in [-0.3, -0.25) is 4.79 Å². The first-order valence-electron chi connectivity index (χ1n) is 6.99. The highest BCUT2D eigenvalue weighted by Crippen LogP contribution is 2.25. The van der Waals surface area contributed by atoms with Crippen molar-refractivity contribution in [2.45, 2.75) is 23.5 Å². The van der Waals surface area contributed by atoms with E-state index in [-0.39, 0.29) is 5.91 Å². The fourth-order valence-corrected chi connectivity index (χ4v) is 3.25. The van der Waals surface area contributed by atoms with Crippen molar-refractivity contribution < 1.29 is 9.21 Å². The minimum atomic E-state index is 0.00948. The van der Waals surface area contributed by atoms with Crippen LogP contribution >= 0.6 is 23.4 Å². The smallest absolute Gasteiger partial charge is 0.289 e. The third-order valence-corrected chi connectivity index (χ3v) is 4.75. The van der Waals surface area contributed by atoms with E-state index in [1.165, 1.54) is 0 Å². The number of furan rings is 1. The topological polar surface area (TPSA) is 33.5 Å². The van der Waals surface area contributed by atoms with E-state index in [0.717, 1.165) is 41.6 Å². The van der Waals surface area contributed by atoms with Gasteiger partial charge in [0.2, 0.25) is 0 Å². The van der Waals surface area contributed by atoms with Gasteiger partial charge in [0.05, 0.1) is 5.75 Å². The summed E-state index contributed by atoms with van der Waals surface area (Å²) < 4.78 is 5.67. The van der Waals surface area contributed by atoms with E-state index in [9.17, 15) is 4.79 Å². The molecule has 1 aliphatic rings. The predicted octanol–water partition coefficient (Wildman–Crippen LogP) is 4.46. The van der Waals surface area contributed by atoms with Crippen molar-refractivity contribution in [2.24, 2.45) is 0 Å². The van der Waals surface area contributed by atoms with Crippen LogP contribution in [-0.4, -0.2) is 23.9 Å². The van der Waals surface area contributed by atoms with E-state index in [4.69, 9.17) is 16.0 Å². The third-order valence-electron chi connectivity index (χ3n) is 3.46. The van der Waals surface area contributed by atoms with Crippen molar-refractivity contribution in [2.75, 3.05) is 13.1 Å². The second-order valence-electron chi connectivity index (χ2n) is 5.01. The number of halogens is 1. The molecule has 1 amide bonds. The van der Waals surface area contributed by atoms with Gasteiger partial charge < -0.3 is 9.32 Å². The molecule has 0 unspecified atom stereocenters. The molecule has 1 aliphatic heterocycles. The quantitative estimate of drug-likeness (QED) is 0.779. The van der Waals surface area contributed by atoms with Gasteiger partial charge in [0.1, 0.15) is 5.76 Å². The van der Waals surface area contributed by atoms with Gasteiger partial charge in [-0.1, -0.05) is 11.6 Å². The zero-order valence-corrected chi connectivity index (χ0v) is 13.1. The lowest BCUT2D eigenvalue weighted by Gasteiger charge is -2.12. The van der Waals surface area contributed by atoms with E-state index < -0.39 is 0 Å². The number of rotatable bonds is 4. The Morgan fingerprint density at radius 3 is 2.57 bits per heavy atom. The Labute approximate surface area is 133 Å². The molecule has 0 radical (unpaired) electrons. The summed E-state index contributed by atoms with van der Waals surface area (Å²) in [5.74, 6) is 1.98. The molecule has 2 aromatic rings. The monoisotopic (exact) mass is 321 g/mol. The maximum atomic E-state index is 12.2. The minimum absolute atomic E-state index is 0.00948. The Morgan fingerprint density at radius 1 is 1.14 bits per heavy atom. The van der Waals surface area contributed by atoms with E-state index >= 15 is 0 Å². The maximum Gasteiger partial charge on any atom is 0.289 e. The van der Waals surface area contributed by atoms with Crippen LogP contribution in [0.2, 0.25) is 5.02 Å². The van der Waals surface area contributed by atoms with Crippen molar-refractivity contribution in [1.29, 1.82) is 0 Å². The lowest BCUT2D eigenvalue weighted by Crippen LogP contribution is -2.27. The molecule has 1 aromatic heterocycles. The molecule has 110 valence electrons. The molecule has 0 N–H and O–H groups in total. The van der Waals surface area contributed by atoms with Gasteiger partial charge in [-0.05, 0) is 49.2 Å². The van der Waals surface area contributed by atoms with Crippen LogP contribution in [0.1, 0.15) is 29.2 Å². The Bertz CT molecular complexity index is 617. The van der Waals surface area contributed by atoms with Crippen LogP contribution in [0.25, 0.3) is 0 Å². The van der Waals surface area contributed by atoms with Crippen LogP contribution in [0.4, 0.5) is 0 Å². The van der Waals surface area contributed by atoms with Gasteiger partial charge in [-0.2, -0.15) is 0 Å². The SMILES string of the molecule is O=C(c1ccc(CSc2ccc(Cl)cc2)o1)N1CCCC1. The maximum absolute atomic E-state index is 12.2. The first-order valence-corrected chi connectivity index (χ1v) is 8.35. The molecule has 21 heavy (non-hydrogen) atoms. The Balaban J connectivity index is 1.59. The summed E-state index contributed by atoms with van der Waals surface area (Å²) in [6.45, 7) is 1.68. The first-order chi connectivity index (χ1) is 10.2. The highest BCUT2D eigenvalue weighted by atomic mass is 35.5. The molecule has 0 atom stereocenters. The molecule has 1 saturated heterocycles. The van der Waals surface area contributed by atoms with Gasteiger partial charge in [-0.15, -0.1) is 11.8 Å². The van der Waals surface area contributed by atoms with Crippen LogP contribution in [-0.2, 0) is 5.75 Å². The number of carbonyl (C=O) groups excluding carboxylic acids is 1. The van der Waals surface area contributed by atoms with Gasteiger partial charge in [0, 0.05) is 23.0 Å². The first kappa shape index (κ1) is 14.5. The summed E-state index contributed by atoms with van der Waals surface area (Å²) in [6.07, 6.45) is 2.18. The zero-order valence-electron chi connectivity index (χ0n) is 11.5. The Kier molecular flexibility index (Phi) is 4.56. The second kappa shape index (κ2) is 6.58. The molecule has 3 rings (SSSR count). The third kappa shape index (κ3) is 3.63. The molecule has 0 saturated carbocycles. The van der Waals surface area contributed by atoms with Gasteiger partial charge in [0.15, 0.2) is 5.76 Å². The minimum Gasteiger partial charge on any atom is -0.455 e. The van der Waals surface area contributed by atoms with Crippen molar-refractivity contribution >= 4 is 29.3 Å². The highest BCUT2D eigenvalue weighted by molar-refractivity contribution is 7.98. The highest BCUT2D eigenvalue weighted by Gasteiger charge is 2.22. The molecule has 5 heteroatoms. The molecular formula is C16H16ClNO2S. The number of hydrogen-bond donors (Lipinski definition) is 0. The van der Waals surface area contributed by atoms with E-state index in [1.807, 2.05) is 35.2 Å². The van der Waals surface area contributed by atoms with Crippen molar-refractivity contribution in [3.63, 3.8) is 0 Å². The van der Waals surface area contributed by atoms with Gasteiger partial charge in [-0.25, -0.2) is 0 Å². The van der Waals surface area contributed by atoms with Crippen LogP contribution in [0.3, 0.4) is 0 Å². The molecule has 2 heterocycles. The summed E-state index contributed by atoms with van der Waals surface area (Å²) in [7, 11) is 0. The molecule has 0 aliphatic carbocycles. The zero-order chi connectivity index (χ0) is 14.7. The number of hydrogen-bond acceptors (Lipinski definition) is 3. The molecular weight excluding hydrogens is 306 g/mol. The van der Waals surface area contributed by atoms with E-state index in [2.05, 4.69) is 0 Å². The fourth-order valence-electron chi connectivity index (χ4n) is 2.33. The van der Waals surface area contributed by atoms with Gasteiger partial charge >= 0.3 is 0 Å². The predicted molar refractivity (Wildman–Crippen MR) is 84.9 cm³/mol. The number of nitrogens with zero attached hydrogens (tertiary/aromatic N) is 1. The van der Waals surface area contributed by atoms with Gasteiger partial charge in [0.25, 0.3) is 5.91 Å². The van der Waals surface area contributed by atoms with E-state index in [0.29, 0.717) is 11.5 Å². The Hall–Kier alpha value is -1.39. The number of amides is 1. The normalized spacial score (nSPS) is 14.6. The molecule has 1 fully saturated rings. The lowest BCUT2D eigenvalue weighted by molar-refractivity contribution is 0.0760. The number of thioether (sulfide) groups is 1. The van der Waals surface area contributed by atoms with Crippen LogP contribution in [0, 0.1) is 0 Å².